The van der Waals surface area contributed by atoms with Crippen LogP contribution in [0.4, 0.5) is 0 Å². The Kier molecular flexibility index (Phi) is 6.97. The van der Waals surface area contributed by atoms with Gasteiger partial charge in [-0.2, -0.15) is 0 Å². The van der Waals surface area contributed by atoms with Gasteiger partial charge in [-0.25, -0.2) is 0 Å². The molecule has 3 heteroatoms. The zero-order valence-electron chi connectivity index (χ0n) is 10.4. The van der Waals surface area contributed by atoms with E-state index >= 15 is 0 Å². The lowest BCUT2D eigenvalue weighted by molar-refractivity contribution is -0.116. The Morgan fingerprint density at radius 1 is 1.24 bits per heavy atom. The predicted octanol–water partition coefficient (Wildman–Crippen LogP) is 3.04. The molecule has 0 bridgehead atoms. The van der Waals surface area contributed by atoms with Crippen LogP contribution in [0.1, 0.15) is 31.7 Å². The smallest absolute Gasteiger partial charge is 0.130 e. The molecule has 94 valence electrons. The van der Waals surface area contributed by atoms with Crippen molar-refractivity contribution in [2.45, 2.75) is 37.5 Å². The second-order valence-electron chi connectivity index (χ2n) is 4.19. The van der Waals surface area contributed by atoms with Crippen molar-refractivity contribution in [2.75, 3.05) is 12.3 Å². The molecule has 0 heterocycles. The average molecular weight is 251 g/mol. The number of carbonyl (C=O) groups excluding carboxylic acids is 1. The van der Waals surface area contributed by atoms with Gasteiger partial charge in [0.1, 0.15) is 5.78 Å². The maximum absolute atomic E-state index is 10.8. The minimum Gasteiger partial charge on any atom is -0.330 e. The zero-order valence-corrected chi connectivity index (χ0v) is 11.3. The van der Waals surface area contributed by atoms with Crippen LogP contribution in [0.25, 0.3) is 0 Å². The van der Waals surface area contributed by atoms with Crippen LogP contribution in [0.3, 0.4) is 0 Å². The van der Waals surface area contributed by atoms with Crippen LogP contribution in [0, 0.1) is 0 Å². The normalized spacial score (nSPS) is 10.5. The molecule has 0 aliphatic heterocycles. The van der Waals surface area contributed by atoms with Gasteiger partial charge in [0.15, 0.2) is 0 Å². The Balaban J connectivity index is 2.31. The van der Waals surface area contributed by atoms with Gasteiger partial charge in [0, 0.05) is 17.1 Å². The number of hydrogen-bond acceptors (Lipinski definition) is 3. The molecule has 1 aromatic carbocycles. The number of Topliss-reactive ketones (excluding diaryl/α,β-unsaturated/α-hetero) is 1. The standard InChI is InChI=1S/C14H21NOS/c1-12(16)9-11-17-14-7-5-13(6-8-14)4-2-3-10-15/h5-8H,2-4,9-11,15H2,1H3. The van der Waals surface area contributed by atoms with Gasteiger partial charge in [-0.15, -0.1) is 11.8 Å². The number of ketones is 1. The highest BCUT2D eigenvalue weighted by molar-refractivity contribution is 7.99. The molecule has 0 radical (unpaired) electrons. The summed E-state index contributed by atoms with van der Waals surface area (Å²) < 4.78 is 0. The molecule has 0 unspecified atom stereocenters. The highest BCUT2D eigenvalue weighted by Gasteiger charge is 1.98. The van der Waals surface area contributed by atoms with Gasteiger partial charge < -0.3 is 5.73 Å². The molecule has 2 N–H and O–H groups in total. The van der Waals surface area contributed by atoms with Crippen molar-refractivity contribution in [1.29, 1.82) is 0 Å². The average Bonchev–Trinajstić information content (AvgIpc) is 2.31. The quantitative estimate of drug-likeness (QED) is 0.570. The molecule has 0 fully saturated rings. The Hall–Kier alpha value is -0.800. The number of thioether (sulfide) groups is 1. The van der Waals surface area contributed by atoms with E-state index in [2.05, 4.69) is 24.3 Å². The maximum atomic E-state index is 10.8. The molecule has 2 nitrogen and oxygen atoms in total. The summed E-state index contributed by atoms with van der Waals surface area (Å²) in [5.41, 5.74) is 6.83. The van der Waals surface area contributed by atoms with Gasteiger partial charge in [0.2, 0.25) is 0 Å². The van der Waals surface area contributed by atoms with Gasteiger partial charge in [0.05, 0.1) is 0 Å². The molecule has 1 aromatic rings. The number of hydrogen-bond donors (Lipinski definition) is 1. The minimum absolute atomic E-state index is 0.260. The van der Waals surface area contributed by atoms with E-state index in [-0.39, 0.29) is 5.78 Å². The van der Waals surface area contributed by atoms with Crippen molar-refractivity contribution in [1.82, 2.24) is 0 Å². The highest BCUT2D eigenvalue weighted by atomic mass is 32.2. The second kappa shape index (κ2) is 8.31. The van der Waals surface area contributed by atoms with E-state index in [0.29, 0.717) is 6.42 Å². The van der Waals surface area contributed by atoms with Crippen LogP contribution in [-0.4, -0.2) is 18.1 Å². The number of unbranched alkanes of at least 4 members (excludes halogenated alkanes) is 1. The zero-order chi connectivity index (χ0) is 12.5. The summed E-state index contributed by atoms with van der Waals surface area (Å²) in [5, 5.41) is 0. The van der Waals surface area contributed by atoms with E-state index in [1.54, 1.807) is 18.7 Å². The highest BCUT2D eigenvalue weighted by Crippen LogP contribution is 2.19. The Labute approximate surface area is 108 Å². The van der Waals surface area contributed by atoms with Crippen molar-refractivity contribution in [3.63, 3.8) is 0 Å². The molecule has 1 rings (SSSR count). The Bertz CT molecular complexity index is 335. The number of nitrogens with two attached hydrogens (primary N) is 1. The second-order valence-corrected chi connectivity index (χ2v) is 5.36. The first-order valence-electron chi connectivity index (χ1n) is 6.13. The molecular formula is C14H21NOS. The fourth-order valence-corrected chi connectivity index (χ4v) is 2.49. The van der Waals surface area contributed by atoms with Crippen molar-refractivity contribution in [3.05, 3.63) is 29.8 Å². The summed E-state index contributed by atoms with van der Waals surface area (Å²) in [6.45, 7) is 2.42. The number of benzene rings is 1. The minimum atomic E-state index is 0.260. The van der Waals surface area contributed by atoms with Gasteiger partial charge in [0.25, 0.3) is 0 Å². The predicted molar refractivity (Wildman–Crippen MR) is 74.5 cm³/mol. The van der Waals surface area contributed by atoms with Gasteiger partial charge in [-0.05, 0) is 50.4 Å². The van der Waals surface area contributed by atoms with Crippen LogP contribution >= 0.6 is 11.8 Å². The van der Waals surface area contributed by atoms with E-state index in [1.807, 2.05) is 0 Å². The third kappa shape index (κ3) is 6.49. The summed E-state index contributed by atoms with van der Waals surface area (Å²) in [7, 11) is 0. The molecule has 17 heavy (non-hydrogen) atoms. The summed E-state index contributed by atoms with van der Waals surface area (Å²) >= 11 is 1.74. The Morgan fingerprint density at radius 2 is 1.94 bits per heavy atom. The van der Waals surface area contributed by atoms with Crippen LogP contribution < -0.4 is 5.73 Å². The molecular weight excluding hydrogens is 230 g/mol. The van der Waals surface area contributed by atoms with Crippen molar-refractivity contribution in [2.24, 2.45) is 5.73 Å². The molecule has 0 spiro atoms. The van der Waals surface area contributed by atoms with E-state index in [9.17, 15) is 4.79 Å². The Morgan fingerprint density at radius 3 is 2.53 bits per heavy atom. The number of rotatable bonds is 8. The summed E-state index contributed by atoms with van der Waals surface area (Å²) in [6.07, 6.45) is 4.01. The third-order valence-corrected chi connectivity index (χ3v) is 3.58. The first kappa shape index (κ1) is 14.3. The molecule has 0 saturated heterocycles. The lowest BCUT2D eigenvalue weighted by Gasteiger charge is -2.03. The summed E-state index contributed by atoms with van der Waals surface area (Å²) in [4.78, 5) is 12.1. The van der Waals surface area contributed by atoms with Gasteiger partial charge >= 0.3 is 0 Å². The number of carbonyl (C=O) groups is 1. The van der Waals surface area contributed by atoms with Crippen molar-refractivity contribution < 1.29 is 4.79 Å². The summed E-state index contributed by atoms with van der Waals surface area (Å²) in [6, 6.07) is 8.63. The lowest BCUT2D eigenvalue weighted by Crippen LogP contribution is -1.98. The van der Waals surface area contributed by atoms with Crippen LogP contribution in [0.2, 0.25) is 0 Å². The van der Waals surface area contributed by atoms with E-state index < -0.39 is 0 Å². The molecule has 0 aliphatic carbocycles. The largest absolute Gasteiger partial charge is 0.330 e. The molecule has 0 atom stereocenters. The van der Waals surface area contributed by atoms with Crippen molar-refractivity contribution >= 4 is 17.5 Å². The lowest BCUT2D eigenvalue weighted by atomic mass is 10.1. The molecule has 0 saturated carbocycles. The van der Waals surface area contributed by atoms with Gasteiger partial charge in [-0.3, -0.25) is 4.79 Å². The van der Waals surface area contributed by atoms with Crippen LogP contribution in [0.15, 0.2) is 29.2 Å². The SMILES string of the molecule is CC(=O)CCSc1ccc(CCCCN)cc1. The van der Waals surface area contributed by atoms with Crippen LogP contribution in [0.5, 0.6) is 0 Å². The summed E-state index contributed by atoms with van der Waals surface area (Å²) in [5.74, 6) is 1.14. The topological polar surface area (TPSA) is 43.1 Å². The fraction of sp³-hybridized carbons (Fsp3) is 0.500. The fourth-order valence-electron chi connectivity index (χ4n) is 1.54. The first-order chi connectivity index (χ1) is 8.22. The molecule has 0 aromatic heterocycles. The van der Waals surface area contributed by atoms with E-state index in [1.165, 1.54) is 10.5 Å². The van der Waals surface area contributed by atoms with Crippen LogP contribution in [-0.2, 0) is 11.2 Å². The molecule has 0 aliphatic rings. The maximum Gasteiger partial charge on any atom is 0.130 e. The van der Waals surface area contributed by atoms with E-state index in [0.717, 1.165) is 31.6 Å². The van der Waals surface area contributed by atoms with E-state index in [4.69, 9.17) is 5.73 Å². The van der Waals surface area contributed by atoms with Gasteiger partial charge in [-0.1, -0.05) is 12.1 Å². The first-order valence-corrected chi connectivity index (χ1v) is 7.12. The monoisotopic (exact) mass is 251 g/mol. The third-order valence-electron chi connectivity index (χ3n) is 2.57. The van der Waals surface area contributed by atoms with Crippen molar-refractivity contribution in [3.8, 4) is 0 Å². The molecule has 0 amide bonds. The number of aryl methyl sites for hydroxylation is 1.